The first-order chi connectivity index (χ1) is 11.7. The van der Waals surface area contributed by atoms with Crippen molar-refractivity contribution in [3.8, 4) is 6.07 Å². The highest BCUT2D eigenvalue weighted by atomic mass is 16.2. The molecule has 0 unspecified atom stereocenters. The van der Waals surface area contributed by atoms with Crippen LogP contribution in [0.1, 0.15) is 24.1 Å². The molecule has 0 aliphatic carbocycles. The van der Waals surface area contributed by atoms with Gasteiger partial charge in [0.05, 0.1) is 11.6 Å². The molecule has 7 nitrogen and oxygen atoms in total. The number of nitriles is 1. The SMILES string of the molecule is C[C@@H](C(=O)N1CCN(Cc2ccc(C#N)cc2)CC1)n1cncn1. The summed E-state index contributed by atoms with van der Waals surface area (Å²) in [5.74, 6) is 0.0820. The maximum Gasteiger partial charge on any atom is 0.247 e. The van der Waals surface area contributed by atoms with Gasteiger partial charge in [0.1, 0.15) is 18.7 Å². The smallest absolute Gasteiger partial charge is 0.247 e. The largest absolute Gasteiger partial charge is 0.338 e. The molecule has 124 valence electrons. The molecule has 0 bridgehead atoms. The topological polar surface area (TPSA) is 78.0 Å². The van der Waals surface area contributed by atoms with Crippen LogP contribution >= 0.6 is 0 Å². The minimum atomic E-state index is -0.322. The fraction of sp³-hybridized carbons (Fsp3) is 0.412. The van der Waals surface area contributed by atoms with Crippen molar-refractivity contribution in [2.24, 2.45) is 0 Å². The highest BCUT2D eigenvalue weighted by molar-refractivity contribution is 5.80. The lowest BCUT2D eigenvalue weighted by Gasteiger charge is -2.35. The van der Waals surface area contributed by atoms with Crippen LogP contribution in [0.4, 0.5) is 0 Å². The molecule has 7 heteroatoms. The van der Waals surface area contributed by atoms with E-state index in [9.17, 15) is 4.79 Å². The summed E-state index contributed by atoms with van der Waals surface area (Å²) in [5.41, 5.74) is 1.86. The first kappa shape index (κ1) is 16.1. The second-order valence-electron chi connectivity index (χ2n) is 5.96. The zero-order valence-electron chi connectivity index (χ0n) is 13.7. The Bertz CT molecular complexity index is 711. The number of carbonyl (C=O) groups is 1. The number of carbonyl (C=O) groups excluding carboxylic acids is 1. The molecule has 24 heavy (non-hydrogen) atoms. The fourth-order valence-corrected chi connectivity index (χ4v) is 2.86. The Morgan fingerprint density at radius 2 is 1.96 bits per heavy atom. The van der Waals surface area contributed by atoms with E-state index in [1.165, 1.54) is 11.9 Å². The van der Waals surface area contributed by atoms with Crippen molar-refractivity contribution in [1.82, 2.24) is 24.6 Å². The molecule has 1 atom stereocenters. The number of aromatic nitrogens is 3. The van der Waals surface area contributed by atoms with E-state index in [2.05, 4.69) is 21.1 Å². The molecule has 1 amide bonds. The molecule has 1 aliphatic heterocycles. The first-order valence-corrected chi connectivity index (χ1v) is 8.01. The van der Waals surface area contributed by atoms with Crippen molar-refractivity contribution in [2.45, 2.75) is 19.5 Å². The van der Waals surface area contributed by atoms with E-state index in [0.717, 1.165) is 19.6 Å². The number of benzene rings is 1. The van der Waals surface area contributed by atoms with Crippen molar-refractivity contribution in [2.75, 3.05) is 26.2 Å². The first-order valence-electron chi connectivity index (χ1n) is 8.01. The van der Waals surface area contributed by atoms with Gasteiger partial charge in [0.2, 0.25) is 5.91 Å². The number of piperazine rings is 1. The Hall–Kier alpha value is -2.72. The Kier molecular flexibility index (Phi) is 4.87. The maximum absolute atomic E-state index is 12.5. The number of hydrogen-bond acceptors (Lipinski definition) is 5. The van der Waals surface area contributed by atoms with Crippen LogP contribution in [0.5, 0.6) is 0 Å². The van der Waals surface area contributed by atoms with Gasteiger partial charge >= 0.3 is 0 Å². The van der Waals surface area contributed by atoms with Gasteiger partial charge in [0.15, 0.2) is 0 Å². The van der Waals surface area contributed by atoms with Gasteiger partial charge in [0.25, 0.3) is 0 Å². The van der Waals surface area contributed by atoms with Gasteiger partial charge in [-0.2, -0.15) is 10.4 Å². The molecule has 2 heterocycles. The monoisotopic (exact) mass is 324 g/mol. The van der Waals surface area contributed by atoms with E-state index in [1.807, 2.05) is 36.1 Å². The molecular weight excluding hydrogens is 304 g/mol. The average molecular weight is 324 g/mol. The second kappa shape index (κ2) is 7.23. The summed E-state index contributed by atoms with van der Waals surface area (Å²) in [7, 11) is 0. The van der Waals surface area contributed by atoms with Gasteiger partial charge in [-0.3, -0.25) is 9.69 Å². The second-order valence-corrected chi connectivity index (χ2v) is 5.96. The Labute approximate surface area is 141 Å². The van der Waals surface area contributed by atoms with Crippen LogP contribution in [0.2, 0.25) is 0 Å². The predicted octanol–water partition coefficient (Wildman–Crippen LogP) is 1.06. The summed E-state index contributed by atoms with van der Waals surface area (Å²) < 4.78 is 1.59. The lowest BCUT2D eigenvalue weighted by Crippen LogP contribution is -2.49. The Morgan fingerprint density at radius 1 is 1.25 bits per heavy atom. The Balaban J connectivity index is 1.52. The van der Waals surface area contributed by atoms with E-state index < -0.39 is 0 Å². The van der Waals surface area contributed by atoms with E-state index >= 15 is 0 Å². The quantitative estimate of drug-likeness (QED) is 0.840. The molecule has 2 aromatic rings. The zero-order chi connectivity index (χ0) is 16.9. The van der Waals surface area contributed by atoms with E-state index in [4.69, 9.17) is 5.26 Å². The summed E-state index contributed by atoms with van der Waals surface area (Å²) in [5, 5.41) is 12.9. The number of amides is 1. The van der Waals surface area contributed by atoms with Gasteiger partial charge < -0.3 is 4.90 Å². The van der Waals surface area contributed by atoms with E-state index in [0.29, 0.717) is 18.7 Å². The highest BCUT2D eigenvalue weighted by Gasteiger charge is 2.26. The Morgan fingerprint density at radius 3 is 2.54 bits per heavy atom. The summed E-state index contributed by atoms with van der Waals surface area (Å²) in [4.78, 5) is 20.6. The van der Waals surface area contributed by atoms with Crippen LogP contribution in [0.25, 0.3) is 0 Å². The predicted molar refractivity (Wildman–Crippen MR) is 87.7 cm³/mol. The lowest BCUT2D eigenvalue weighted by molar-refractivity contribution is -0.136. The molecule has 1 aliphatic rings. The molecule has 0 radical (unpaired) electrons. The van der Waals surface area contributed by atoms with Crippen molar-refractivity contribution < 1.29 is 4.79 Å². The summed E-state index contributed by atoms with van der Waals surface area (Å²) in [6.07, 6.45) is 3.02. The van der Waals surface area contributed by atoms with E-state index in [1.54, 1.807) is 11.0 Å². The third-order valence-electron chi connectivity index (χ3n) is 4.36. The normalized spacial score (nSPS) is 16.6. The minimum Gasteiger partial charge on any atom is -0.338 e. The molecule has 0 spiro atoms. The minimum absolute atomic E-state index is 0.0820. The van der Waals surface area contributed by atoms with E-state index in [-0.39, 0.29) is 11.9 Å². The molecule has 1 aromatic heterocycles. The van der Waals surface area contributed by atoms with Crippen LogP contribution in [0.3, 0.4) is 0 Å². The number of rotatable bonds is 4. The van der Waals surface area contributed by atoms with Gasteiger partial charge in [-0.05, 0) is 24.6 Å². The van der Waals surface area contributed by atoms with Gasteiger partial charge in [0, 0.05) is 32.7 Å². The van der Waals surface area contributed by atoms with Crippen LogP contribution in [0.15, 0.2) is 36.9 Å². The lowest BCUT2D eigenvalue weighted by atomic mass is 10.1. The standard InChI is InChI=1S/C17H20N6O/c1-14(23-13-19-12-20-23)17(24)22-8-6-21(7-9-22)11-16-4-2-15(10-18)3-5-16/h2-5,12-14H,6-9,11H2,1H3/t14-/m0/s1. The van der Waals surface area contributed by atoms with Crippen molar-refractivity contribution in [3.63, 3.8) is 0 Å². The van der Waals surface area contributed by atoms with Crippen molar-refractivity contribution >= 4 is 5.91 Å². The number of nitrogens with zero attached hydrogens (tertiary/aromatic N) is 6. The summed E-state index contributed by atoms with van der Waals surface area (Å²) in [6.45, 7) is 5.81. The number of hydrogen-bond donors (Lipinski definition) is 0. The molecule has 1 saturated heterocycles. The van der Waals surface area contributed by atoms with Crippen LogP contribution < -0.4 is 0 Å². The highest BCUT2D eigenvalue weighted by Crippen LogP contribution is 2.13. The van der Waals surface area contributed by atoms with Gasteiger partial charge in [-0.1, -0.05) is 12.1 Å². The molecule has 0 saturated carbocycles. The summed E-state index contributed by atoms with van der Waals surface area (Å²) in [6, 6.07) is 9.47. The molecule has 0 N–H and O–H groups in total. The van der Waals surface area contributed by atoms with Crippen molar-refractivity contribution in [3.05, 3.63) is 48.0 Å². The van der Waals surface area contributed by atoms with Crippen LogP contribution in [-0.2, 0) is 11.3 Å². The molecule has 1 aromatic carbocycles. The maximum atomic E-state index is 12.5. The van der Waals surface area contributed by atoms with Gasteiger partial charge in [-0.25, -0.2) is 9.67 Å². The zero-order valence-corrected chi connectivity index (χ0v) is 13.7. The molecular formula is C17H20N6O. The fourth-order valence-electron chi connectivity index (χ4n) is 2.86. The average Bonchev–Trinajstić information content (AvgIpc) is 3.16. The van der Waals surface area contributed by atoms with Crippen LogP contribution in [0, 0.1) is 11.3 Å². The third-order valence-corrected chi connectivity index (χ3v) is 4.36. The molecule has 1 fully saturated rings. The van der Waals surface area contributed by atoms with Crippen molar-refractivity contribution in [1.29, 1.82) is 5.26 Å². The molecule has 3 rings (SSSR count). The van der Waals surface area contributed by atoms with Crippen LogP contribution in [-0.4, -0.2) is 56.7 Å². The van der Waals surface area contributed by atoms with Gasteiger partial charge in [-0.15, -0.1) is 0 Å². The third kappa shape index (κ3) is 3.60. The summed E-state index contributed by atoms with van der Waals surface area (Å²) >= 11 is 0.